The first-order valence-electron chi connectivity index (χ1n) is 6.08. The number of hydrogen-bond donors (Lipinski definition) is 1. The van der Waals surface area contributed by atoms with Crippen LogP contribution in [0.1, 0.15) is 10.4 Å². The fourth-order valence-corrected chi connectivity index (χ4v) is 1.65. The van der Waals surface area contributed by atoms with Gasteiger partial charge in [-0.25, -0.2) is 4.98 Å². The van der Waals surface area contributed by atoms with Crippen molar-refractivity contribution in [1.82, 2.24) is 9.97 Å². The zero-order valence-corrected chi connectivity index (χ0v) is 11.9. The quantitative estimate of drug-likeness (QED) is 0.903. The molecule has 0 saturated carbocycles. The molecular weight excluding hydrogens is 274 g/mol. The number of carbonyl (C=O) groups is 1. The van der Waals surface area contributed by atoms with E-state index in [-0.39, 0.29) is 17.8 Å². The summed E-state index contributed by atoms with van der Waals surface area (Å²) in [6, 6.07) is 6.95. The van der Waals surface area contributed by atoms with Gasteiger partial charge < -0.3 is 19.5 Å². The predicted octanol–water partition coefficient (Wildman–Crippen LogP) is 1.75. The fourth-order valence-electron chi connectivity index (χ4n) is 1.65. The highest BCUT2D eigenvalue weighted by molar-refractivity contribution is 6.05. The van der Waals surface area contributed by atoms with Gasteiger partial charge in [-0.15, -0.1) is 0 Å². The number of carbonyl (C=O) groups excluding carboxylic acids is 1. The summed E-state index contributed by atoms with van der Waals surface area (Å²) in [7, 11) is 4.43. The number of amides is 1. The van der Waals surface area contributed by atoms with Crippen molar-refractivity contribution >= 4 is 11.6 Å². The Bertz CT molecular complexity index is 646. The highest BCUT2D eigenvalue weighted by Gasteiger charge is 2.13. The van der Waals surface area contributed by atoms with Crippen molar-refractivity contribution < 1.29 is 19.0 Å². The molecule has 0 saturated heterocycles. The number of nitrogens with one attached hydrogen (secondary N) is 1. The van der Waals surface area contributed by atoms with Gasteiger partial charge in [0, 0.05) is 5.56 Å². The first-order chi connectivity index (χ1) is 10.2. The molecule has 0 aliphatic rings. The molecule has 0 radical (unpaired) electrons. The van der Waals surface area contributed by atoms with E-state index in [1.165, 1.54) is 27.5 Å². The van der Waals surface area contributed by atoms with Gasteiger partial charge in [0.1, 0.15) is 11.4 Å². The van der Waals surface area contributed by atoms with Crippen molar-refractivity contribution in [3.63, 3.8) is 0 Å². The number of rotatable bonds is 5. The maximum Gasteiger partial charge on any atom is 0.319 e. The molecule has 2 aromatic rings. The van der Waals surface area contributed by atoms with Crippen molar-refractivity contribution in [3.8, 4) is 17.6 Å². The molecule has 1 N–H and O–H groups in total. The number of ether oxygens (including phenoxy) is 3. The Morgan fingerprint density at radius 3 is 2.62 bits per heavy atom. The molecule has 7 nitrogen and oxygen atoms in total. The summed E-state index contributed by atoms with van der Waals surface area (Å²) in [6.45, 7) is 0. The van der Waals surface area contributed by atoms with Crippen molar-refractivity contribution in [3.05, 3.63) is 36.0 Å². The Labute approximate surface area is 121 Å². The molecule has 110 valence electrons. The lowest BCUT2D eigenvalue weighted by Crippen LogP contribution is -2.13. The van der Waals surface area contributed by atoms with Gasteiger partial charge in [0.05, 0.1) is 27.5 Å². The summed E-state index contributed by atoms with van der Waals surface area (Å²) in [6.07, 6.45) is 1.42. The molecule has 0 aliphatic heterocycles. The summed E-state index contributed by atoms with van der Waals surface area (Å²) in [5.41, 5.74) is 0.804. The van der Waals surface area contributed by atoms with Crippen molar-refractivity contribution in [2.45, 2.75) is 0 Å². The Hall–Kier alpha value is -2.83. The van der Waals surface area contributed by atoms with E-state index in [1.54, 1.807) is 24.3 Å². The zero-order chi connectivity index (χ0) is 15.2. The molecule has 0 fully saturated rings. The van der Waals surface area contributed by atoms with Crippen LogP contribution in [0.2, 0.25) is 0 Å². The number of aromatic nitrogens is 2. The molecular formula is C14H15N3O4. The molecule has 1 aromatic carbocycles. The Morgan fingerprint density at radius 1 is 1.14 bits per heavy atom. The molecule has 1 amide bonds. The minimum atomic E-state index is -0.319. The molecule has 1 aromatic heterocycles. The number of hydrogen-bond acceptors (Lipinski definition) is 6. The molecule has 0 atom stereocenters. The molecule has 0 bridgehead atoms. The van der Waals surface area contributed by atoms with E-state index < -0.39 is 0 Å². The number of nitrogens with zero attached hydrogens (tertiary/aromatic N) is 2. The average Bonchev–Trinajstić information content (AvgIpc) is 2.55. The molecule has 0 aliphatic carbocycles. The van der Waals surface area contributed by atoms with Crippen LogP contribution in [0.25, 0.3) is 0 Å². The van der Waals surface area contributed by atoms with Gasteiger partial charge in [-0.05, 0) is 18.2 Å². The molecule has 0 spiro atoms. The second-order valence-electron chi connectivity index (χ2n) is 3.97. The van der Waals surface area contributed by atoms with E-state index in [0.29, 0.717) is 17.0 Å². The van der Waals surface area contributed by atoms with Crippen LogP contribution in [0.5, 0.6) is 17.6 Å². The summed E-state index contributed by atoms with van der Waals surface area (Å²) < 4.78 is 15.1. The van der Waals surface area contributed by atoms with Crippen LogP contribution >= 0.6 is 0 Å². The van der Waals surface area contributed by atoms with Crippen molar-refractivity contribution in [1.29, 1.82) is 0 Å². The molecule has 7 heteroatoms. The molecule has 21 heavy (non-hydrogen) atoms. The second-order valence-corrected chi connectivity index (χ2v) is 3.97. The number of benzene rings is 1. The Morgan fingerprint density at radius 2 is 1.95 bits per heavy atom. The Kier molecular flexibility index (Phi) is 4.55. The first kappa shape index (κ1) is 14.6. The van der Waals surface area contributed by atoms with Crippen LogP contribution in [0.3, 0.4) is 0 Å². The number of methoxy groups -OCH3 is 3. The third kappa shape index (κ3) is 3.38. The van der Waals surface area contributed by atoms with E-state index in [2.05, 4.69) is 15.3 Å². The van der Waals surface area contributed by atoms with Gasteiger partial charge in [0.15, 0.2) is 0 Å². The van der Waals surface area contributed by atoms with Crippen molar-refractivity contribution in [2.24, 2.45) is 0 Å². The summed E-state index contributed by atoms with van der Waals surface area (Å²) in [5.74, 6) is 0.500. The van der Waals surface area contributed by atoms with Gasteiger partial charge in [-0.2, -0.15) is 4.98 Å². The number of anilines is 1. The van der Waals surface area contributed by atoms with E-state index in [9.17, 15) is 4.79 Å². The standard InChI is InChI=1S/C14H15N3O4/c1-19-10-6-4-5-9(7-10)12(18)16-11-8-15-14(21-3)17-13(11)20-2/h4-8H,1-3H3,(H,16,18). The molecule has 0 unspecified atom stereocenters. The van der Waals surface area contributed by atoms with E-state index >= 15 is 0 Å². The van der Waals surface area contributed by atoms with Crippen LogP contribution in [-0.2, 0) is 0 Å². The van der Waals surface area contributed by atoms with Crippen LogP contribution < -0.4 is 19.5 Å². The van der Waals surface area contributed by atoms with Crippen LogP contribution in [0, 0.1) is 0 Å². The lowest BCUT2D eigenvalue weighted by molar-refractivity contribution is 0.102. The topological polar surface area (TPSA) is 82.6 Å². The predicted molar refractivity (Wildman–Crippen MR) is 76.1 cm³/mol. The summed E-state index contributed by atoms with van der Waals surface area (Å²) in [4.78, 5) is 20.1. The smallest absolute Gasteiger partial charge is 0.319 e. The van der Waals surface area contributed by atoms with Crippen LogP contribution in [0.15, 0.2) is 30.5 Å². The van der Waals surface area contributed by atoms with Gasteiger partial charge >= 0.3 is 6.01 Å². The highest BCUT2D eigenvalue weighted by Crippen LogP contribution is 2.23. The second kappa shape index (κ2) is 6.56. The van der Waals surface area contributed by atoms with E-state index in [1.807, 2.05) is 0 Å². The zero-order valence-electron chi connectivity index (χ0n) is 11.9. The maximum absolute atomic E-state index is 12.2. The largest absolute Gasteiger partial charge is 0.497 e. The van der Waals surface area contributed by atoms with Crippen LogP contribution in [-0.4, -0.2) is 37.2 Å². The summed E-state index contributed by atoms with van der Waals surface area (Å²) >= 11 is 0. The van der Waals surface area contributed by atoms with Gasteiger partial charge in [-0.1, -0.05) is 6.07 Å². The highest BCUT2D eigenvalue weighted by atomic mass is 16.5. The van der Waals surface area contributed by atoms with E-state index in [4.69, 9.17) is 14.2 Å². The van der Waals surface area contributed by atoms with Crippen molar-refractivity contribution in [2.75, 3.05) is 26.6 Å². The molecule has 2 rings (SSSR count). The third-order valence-electron chi connectivity index (χ3n) is 2.69. The minimum absolute atomic E-state index is 0.159. The monoisotopic (exact) mass is 289 g/mol. The van der Waals surface area contributed by atoms with Crippen LogP contribution in [0.4, 0.5) is 5.69 Å². The normalized spacial score (nSPS) is 9.86. The van der Waals surface area contributed by atoms with Gasteiger partial charge in [0.2, 0.25) is 5.88 Å². The minimum Gasteiger partial charge on any atom is -0.497 e. The van der Waals surface area contributed by atoms with Gasteiger partial charge in [-0.3, -0.25) is 4.79 Å². The molecule has 1 heterocycles. The SMILES string of the molecule is COc1cccc(C(=O)Nc2cnc(OC)nc2OC)c1. The fraction of sp³-hybridized carbons (Fsp3) is 0.214. The first-order valence-corrected chi connectivity index (χ1v) is 6.08. The lowest BCUT2D eigenvalue weighted by atomic mass is 10.2. The summed E-state index contributed by atoms with van der Waals surface area (Å²) in [5, 5.41) is 2.68. The Balaban J connectivity index is 2.22. The average molecular weight is 289 g/mol. The maximum atomic E-state index is 12.2. The van der Waals surface area contributed by atoms with Gasteiger partial charge in [0.25, 0.3) is 5.91 Å². The third-order valence-corrected chi connectivity index (χ3v) is 2.69. The lowest BCUT2D eigenvalue weighted by Gasteiger charge is -2.10. The van der Waals surface area contributed by atoms with E-state index in [0.717, 1.165) is 0 Å².